The van der Waals surface area contributed by atoms with Crippen LogP contribution in [0.3, 0.4) is 0 Å². The van der Waals surface area contributed by atoms with Crippen molar-refractivity contribution in [2.45, 2.75) is 24.8 Å². The minimum atomic E-state index is -1.00. The second-order valence-corrected chi connectivity index (χ2v) is 9.54. The first-order valence-electron chi connectivity index (χ1n) is 11.3. The Bertz CT molecular complexity index is 1530. The molecule has 1 fully saturated rings. The lowest BCUT2D eigenvalue weighted by Crippen LogP contribution is -2.47. The summed E-state index contributed by atoms with van der Waals surface area (Å²) in [6.07, 6.45) is 2.35. The summed E-state index contributed by atoms with van der Waals surface area (Å²) in [7, 11) is 3.38. The number of nitrogens with zero attached hydrogens (tertiary/aromatic N) is 3. The average molecular weight is 490 g/mol. The van der Waals surface area contributed by atoms with Gasteiger partial charge in [0.2, 0.25) is 0 Å². The molecular formula is C27H24ClN3O4. The Morgan fingerprint density at radius 1 is 0.943 bits per heavy atom. The molecule has 0 bridgehead atoms. The van der Waals surface area contributed by atoms with E-state index in [4.69, 9.17) is 11.6 Å². The van der Waals surface area contributed by atoms with Crippen molar-refractivity contribution >= 4 is 34.5 Å². The molecular weight excluding hydrogens is 466 g/mol. The van der Waals surface area contributed by atoms with Gasteiger partial charge in [-0.15, -0.1) is 0 Å². The van der Waals surface area contributed by atoms with Gasteiger partial charge >= 0.3 is 11.7 Å². The van der Waals surface area contributed by atoms with Crippen molar-refractivity contribution < 1.29 is 14.7 Å². The van der Waals surface area contributed by atoms with E-state index in [2.05, 4.69) is 0 Å². The number of carboxylic acids is 1. The summed E-state index contributed by atoms with van der Waals surface area (Å²) >= 11 is 6.34. The molecule has 0 unspecified atom stereocenters. The molecule has 35 heavy (non-hydrogen) atoms. The van der Waals surface area contributed by atoms with Gasteiger partial charge in [0.15, 0.2) is 0 Å². The quantitative estimate of drug-likeness (QED) is 0.437. The lowest BCUT2D eigenvalue weighted by Gasteiger charge is -2.43. The Morgan fingerprint density at radius 3 is 2.26 bits per heavy atom. The van der Waals surface area contributed by atoms with Gasteiger partial charge in [0.05, 0.1) is 27.8 Å². The van der Waals surface area contributed by atoms with Gasteiger partial charge in [-0.25, -0.2) is 9.59 Å². The average Bonchev–Trinajstić information content (AvgIpc) is 3.09. The summed E-state index contributed by atoms with van der Waals surface area (Å²) in [5, 5.41) is 10.0. The molecule has 1 heterocycles. The topological polar surface area (TPSA) is 84.5 Å². The standard InChI is InChI=1S/C27H24ClN3O4/c1-29(2)24(32)17-7-10-21(11-8-17)30-23-16-20(28)9-12-22(23)31(26(30)35)27(13-4-14-27)19-6-3-5-18(15-19)25(33)34/h3,5-12,15-16H,4,13-14H2,1-2H3,(H,33,34). The van der Waals surface area contributed by atoms with E-state index < -0.39 is 11.5 Å². The van der Waals surface area contributed by atoms with Crippen molar-refractivity contribution in [1.29, 1.82) is 0 Å². The van der Waals surface area contributed by atoms with Crippen molar-refractivity contribution in [1.82, 2.24) is 14.0 Å². The first kappa shape index (κ1) is 22.9. The van der Waals surface area contributed by atoms with Crippen LogP contribution in [0, 0.1) is 0 Å². The first-order valence-corrected chi connectivity index (χ1v) is 11.7. The van der Waals surface area contributed by atoms with E-state index in [1.807, 2.05) is 12.1 Å². The Morgan fingerprint density at radius 2 is 1.66 bits per heavy atom. The molecule has 0 atom stereocenters. The maximum absolute atomic E-state index is 14.1. The van der Waals surface area contributed by atoms with Crippen molar-refractivity contribution in [3.05, 3.63) is 98.9 Å². The number of carboxylic acid groups (broad SMARTS) is 1. The zero-order valence-electron chi connectivity index (χ0n) is 19.4. The highest BCUT2D eigenvalue weighted by molar-refractivity contribution is 6.31. The highest BCUT2D eigenvalue weighted by Crippen LogP contribution is 2.46. The third-order valence-corrected chi connectivity index (χ3v) is 7.07. The number of rotatable bonds is 5. The number of carbonyl (C=O) groups is 2. The Balaban J connectivity index is 1.74. The van der Waals surface area contributed by atoms with Crippen LogP contribution in [0.4, 0.5) is 0 Å². The van der Waals surface area contributed by atoms with Crippen LogP contribution < -0.4 is 5.69 Å². The Kier molecular flexibility index (Phi) is 5.52. The number of hydrogen-bond acceptors (Lipinski definition) is 3. The van der Waals surface area contributed by atoms with Gasteiger partial charge in [-0.3, -0.25) is 13.9 Å². The number of aromatic carboxylic acids is 1. The van der Waals surface area contributed by atoms with Crippen molar-refractivity contribution in [3.8, 4) is 5.69 Å². The molecule has 1 aliphatic carbocycles. The third-order valence-electron chi connectivity index (χ3n) is 6.84. The molecule has 7 nitrogen and oxygen atoms in total. The molecule has 0 saturated heterocycles. The molecule has 178 valence electrons. The Labute approximate surface area is 206 Å². The normalized spacial score (nSPS) is 14.5. The number of amides is 1. The molecule has 1 saturated carbocycles. The van der Waals surface area contributed by atoms with E-state index in [1.54, 1.807) is 77.8 Å². The fraction of sp³-hybridized carbons (Fsp3) is 0.222. The van der Waals surface area contributed by atoms with Gasteiger partial charge in [-0.05, 0) is 79.4 Å². The second kappa shape index (κ2) is 8.43. The van der Waals surface area contributed by atoms with Crippen molar-refractivity contribution in [3.63, 3.8) is 0 Å². The number of aromatic nitrogens is 2. The largest absolute Gasteiger partial charge is 0.478 e. The monoisotopic (exact) mass is 489 g/mol. The van der Waals surface area contributed by atoms with Crippen LogP contribution in [0.2, 0.25) is 5.02 Å². The number of imidazole rings is 1. The third kappa shape index (κ3) is 3.63. The van der Waals surface area contributed by atoms with E-state index in [0.29, 0.717) is 40.1 Å². The zero-order chi connectivity index (χ0) is 24.9. The summed E-state index contributed by atoms with van der Waals surface area (Å²) in [4.78, 5) is 39.5. The molecule has 1 amide bonds. The highest BCUT2D eigenvalue weighted by Gasteiger charge is 2.43. The van der Waals surface area contributed by atoms with Crippen molar-refractivity contribution in [2.24, 2.45) is 0 Å². The predicted octanol–water partition coefficient (Wildman–Crippen LogP) is 4.77. The fourth-order valence-electron chi connectivity index (χ4n) is 4.94. The van der Waals surface area contributed by atoms with Crippen molar-refractivity contribution in [2.75, 3.05) is 14.1 Å². The summed E-state index contributed by atoms with van der Waals surface area (Å²) in [5.41, 5.74) is 2.60. The van der Waals surface area contributed by atoms with Crippen LogP contribution >= 0.6 is 11.6 Å². The molecule has 0 aliphatic heterocycles. The molecule has 1 N–H and O–H groups in total. The fourth-order valence-corrected chi connectivity index (χ4v) is 5.11. The van der Waals surface area contributed by atoms with E-state index in [-0.39, 0.29) is 17.2 Å². The minimum absolute atomic E-state index is 0.124. The summed E-state index contributed by atoms with van der Waals surface area (Å²) in [5.74, 6) is -1.13. The van der Waals surface area contributed by atoms with Crippen LogP contribution in [0.1, 0.15) is 45.5 Å². The smallest absolute Gasteiger partial charge is 0.335 e. The minimum Gasteiger partial charge on any atom is -0.478 e. The maximum Gasteiger partial charge on any atom is 0.335 e. The van der Waals surface area contributed by atoms with Crippen LogP contribution in [0.15, 0.2) is 71.5 Å². The molecule has 0 spiro atoms. The predicted molar refractivity (Wildman–Crippen MR) is 135 cm³/mol. The highest BCUT2D eigenvalue weighted by atomic mass is 35.5. The van der Waals surface area contributed by atoms with E-state index in [1.165, 1.54) is 4.90 Å². The van der Waals surface area contributed by atoms with E-state index in [9.17, 15) is 19.5 Å². The van der Waals surface area contributed by atoms with Crippen LogP contribution in [-0.4, -0.2) is 45.1 Å². The maximum atomic E-state index is 14.1. The van der Waals surface area contributed by atoms with Gasteiger partial charge in [0, 0.05) is 24.7 Å². The van der Waals surface area contributed by atoms with E-state index >= 15 is 0 Å². The molecule has 5 rings (SSSR count). The number of fused-ring (bicyclic) bond motifs is 1. The van der Waals surface area contributed by atoms with Gasteiger partial charge in [0.1, 0.15) is 0 Å². The lowest BCUT2D eigenvalue weighted by atomic mass is 9.71. The number of carbonyl (C=O) groups excluding carboxylic acids is 1. The summed E-state index contributed by atoms with van der Waals surface area (Å²) in [6.45, 7) is 0. The van der Waals surface area contributed by atoms with Crippen LogP contribution in [-0.2, 0) is 5.54 Å². The summed E-state index contributed by atoms with van der Waals surface area (Å²) < 4.78 is 3.38. The van der Waals surface area contributed by atoms with Gasteiger partial charge < -0.3 is 10.0 Å². The molecule has 0 radical (unpaired) electrons. The van der Waals surface area contributed by atoms with E-state index in [0.717, 1.165) is 12.0 Å². The molecule has 4 aromatic rings. The van der Waals surface area contributed by atoms with Gasteiger partial charge in [0.25, 0.3) is 5.91 Å². The molecule has 1 aromatic heterocycles. The lowest BCUT2D eigenvalue weighted by molar-refractivity contribution is 0.0695. The van der Waals surface area contributed by atoms with Gasteiger partial charge in [-0.2, -0.15) is 0 Å². The number of hydrogen-bond donors (Lipinski definition) is 1. The first-order chi connectivity index (χ1) is 16.7. The molecule has 3 aromatic carbocycles. The Hall–Kier alpha value is -3.84. The number of halogens is 1. The van der Waals surface area contributed by atoms with Crippen LogP contribution in [0.5, 0.6) is 0 Å². The summed E-state index contributed by atoms with van der Waals surface area (Å²) in [6, 6.07) is 19.1. The number of benzene rings is 3. The molecule has 8 heteroatoms. The van der Waals surface area contributed by atoms with Gasteiger partial charge in [-0.1, -0.05) is 23.7 Å². The zero-order valence-corrected chi connectivity index (χ0v) is 20.1. The second-order valence-electron chi connectivity index (χ2n) is 9.10. The molecule has 1 aliphatic rings. The van der Waals surface area contributed by atoms with Crippen LogP contribution in [0.25, 0.3) is 16.7 Å². The SMILES string of the molecule is CN(C)C(=O)c1ccc(-n2c(=O)n(C3(c4cccc(C(=O)O)c4)CCC3)c3ccc(Cl)cc32)cc1.